The lowest BCUT2D eigenvalue weighted by atomic mass is 10.1. The van der Waals surface area contributed by atoms with E-state index in [2.05, 4.69) is 15.2 Å². The molecule has 1 heterocycles. The molecule has 1 unspecified atom stereocenters. The number of oxime groups is 1. The van der Waals surface area contributed by atoms with Crippen molar-refractivity contribution in [2.75, 3.05) is 13.7 Å². The van der Waals surface area contributed by atoms with Crippen LogP contribution in [0.3, 0.4) is 0 Å². The minimum Gasteiger partial charge on any atom is -0.453 e. The van der Waals surface area contributed by atoms with Gasteiger partial charge in [-0.1, -0.05) is 35.5 Å². The van der Waals surface area contributed by atoms with Crippen molar-refractivity contribution in [3.63, 3.8) is 0 Å². The van der Waals surface area contributed by atoms with Gasteiger partial charge in [-0.05, 0) is 5.56 Å². The summed E-state index contributed by atoms with van der Waals surface area (Å²) >= 11 is 0. The number of nitrogens with zero attached hydrogens (tertiary/aromatic N) is 1. The third kappa shape index (κ3) is 2.96. The number of nitrogens with one attached hydrogen (secondary N) is 1. The molecule has 0 aromatic heterocycles. The van der Waals surface area contributed by atoms with Gasteiger partial charge in [0.1, 0.15) is 0 Å². The Bertz CT molecular complexity index is 417. The molecule has 90 valence electrons. The summed E-state index contributed by atoms with van der Waals surface area (Å²) in [6.07, 6.45) is 0.111. The van der Waals surface area contributed by atoms with Gasteiger partial charge in [-0.15, -0.1) is 0 Å². The molecule has 0 spiro atoms. The molecule has 0 saturated carbocycles. The quantitative estimate of drug-likeness (QED) is 0.862. The Kier molecular flexibility index (Phi) is 3.59. The number of hydrogen-bond acceptors (Lipinski definition) is 4. The average Bonchev–Trinajstić information content (AvgIpc) is 2.86. The molecule has 0 aliphatic carbocycles. The molecular formula is C12H14N2O3. The summed E-state index contributed by atoms with van der Waals surface area (Å²) in [5.41, 5.74) is 1.95. The van der Waals surface area contributed by atoms with E-state index in [1.54, 1.807) is 0 Å². The van der Waals surface area contributed by atoms with Gasteiger partial charge < -0.3 is 14.9 Å². The lowest BCUT2D eigenvalue weighted by Gasteiger charge is -2.08. The maximum atomic E-state index is 10.9. The zero-order chi connectivity index (χ0) is 12.1. The summed E-state index contributed by atoms with van der Waals surface area (Å²) in [6, 6.07) is 9.84. The molecule has 0 bridgehead atoms. The largest absolute Gasteiger partial charge is 0.453 e. The van der Waals surface area contributed by atoms with Gasteiger partial charge in [-0.3, -0.25) is 0 Å². The summed E-state index contributed by atoms with van der Waals surface area (Å²) in [4.78, 5) is 16.1. The Morgan fingerprint density at radius 2 is 2.29 bits per heavy atom. The van der Waals surface area contributed by atoms with Gasteiger partial charge >= 0.3 is 6.09 Å². The molecule has 17 heavy (non-hydrogen) atoms. The third-order valence-electron chi connectivity index (χ3n) is 2.50. The molecule has 1 N–H and O–H groups in total. The fourth-order valence-electron chi connectivity index (χ4n) is 1.61. The Morgan fingerprint density at radius 3 is 3.00 bits per heavy atom. The molecule has 1 aromatic rings. The minimum atomic E-state index is -0.457. The monoisotopic (exact) mass is 234 g/mol. The average molecular weight is 234 g/mol. The van der Waals surface area contributed by atoms with Gasteiger partial charge in [0, 0.05) is 6.42 Å². The van der Waals surface area contributed by atoms with E-state index in [-0.39, 0.29) is 6.10 Å². The van der Waals surface area contributed by atoms with Crippen LogP contribution < -0.4 is 5.32 Å². The second-order valence-electron chi connectivity index (χ2n) is 3.71. The smallest absolute Gasteiger partial charge is 0.406 e. The van der Waals surface area contributed by atoms with Crippen LogP contribution in [0.5, 0.6) is 0 Å². The van der Waals surface area contributed by atoms with E-state index in [0.717, 1.165) is 11.3 Å². The molecule has 1 aromatic carbocycles. The zero-order valence-electron chi connectivity index (χ0n) is 9.55. The van der Waals surface area contributed by atoms with Crippen molar-refractivity contribution in [2.24, 2.45) is 5.16 Å². The topological polar surface area (TPSA) is 59.9 Å². The molecule has 5 nitrogen and oxygen atoms in total. The van der Waals surface area contributed by atoms with Crippen LogP contribution in [0, 0.1) is 0 Å². The molecule has 0 fully saturated rings. The first kappa shape index (κ1) is 11.4. The van der Waals surface area contributed by atoms with E-state index in [1.807, 2.05) is 30.3 Å². The predicted molar refractivity (Wildman–Crippen MR) is 62.9 cm³/mol. The summed E-state index contributed by atoms with van der Waals surface area (Å²) in [5, 5.41) is 6.60. The highest BCUT2D eigenvalue weighted by Crippen LogP contribution is 2.15. The standard InChI is InChI=1S/C12H14N2O3/c1-16-12(15)13-8-10-7-11(14-17-10)9-5-3-2-4-6-9/h2-6,10H,7-8H2,1H3,(H,13,15). The van der Waals surface area contributed by atoms with E-state index in [0.29, 0.717) is 13.0 Å². The van der Waals surface area contributed by atoms with Crippen molar-refractivity contribution in [1.29, 1.82) is 0 Å². The first-order chi connectivity index (χ1) is 8.29. The SMILES string of the molecule is COC(=O)NCC1CC(c2ccccc2)=NO1. The van der Waals surface area contributed by atoms with Crippen LogP contribution in [0.4, 0.5) is 4.79 Å². The Labute approximate surface area is 99.4 Å². The molecule has 5 heteroatoms. The number of alkyl carbamates (subject to hydrolysis) is 1. The third-order valence-corrected chi connectivity index (χ3v) is 2.50. The molecule has 1 atom stereocenters. The van der Waals surface area contributed by atoms with E-state index in [1.165, 1.54) is 7.11 Å². The summed E-state index contributed by atoms with van der Waals surface area (Å²) in [5.74, 6) is 0. The highest BCUT2D eigenvalue weighted by molar-refractivity contribution is 6.01. The molecule has 1 amide bonds. The summed E-state index contributed by atoms with van der Waals surface area (Å²) < 4.78 is 4.48. The molecule has 0 saturated heterocycles. The van der Waals surface area contributed by atoms with Crippen LogP contribution in [0.2, 0.25) is 0 Å². The van der Waals surface area contributed by atoms with Gasteiger partial charge in [0.05, 0.1) is 19.4 Å². The number of ether oxygens (including phenoxy) is 1. The van der Waals surface area contributed by atoms with Crippen molar-refractivity contribution >= 4 is 11.8 Å². The second-order valence-corrected chi connectivity index (χ2v) is 3.71. The molecule has 1 aliphatic heterocycles. The number of carbonyl (C=O) groups is 1. The van der Waals surface area contributed by atoms with E-state index >= 15 is 0 Å². The summed E-state index contributed by atoms with van der Waals surface area (Å²) in [7, 11) is 1.33. The van der Waals surface area contributed by atoms with Crippen LogP contribution >= 0.6 is 0 Å². The number of benzene rings is 1. The van der Waals surface area contributed by atoms with E-state index in [4.69, 9.17) is 4.84 Å². The van der Waals surface area contributed by atoms with Crippen LogP contribution in [0.25, 0.3) is 0 Å². The maximum Gasteiger partial charge on any atom is 0.406 e. The number of hydrogen-bond donors (Lipinski definition) is 1. The fraction of sp³-hybridized carbons (Fsp3) is 0.333. The Morgan fingerprint density at radius 1 is 1.53 bits per heavy atom. The highest BCUT2D eigenvalue weighted by Gasteiger charge is 2.22. The molecule has 0 radical (unpaired) electrons. The number of methoxy groups -OCH3 is 1. The van der Waals surface area contributed by atoms with Crippen molar-refractivity contribution in [1.82, 2.24) is 5.32 Å². The summed E-state index contributed by atoms with van der Waals surface area (Å²) in [6.45, 7) is 0.395. The number of amides is 1. The predicted octanol–water partition coefficient (Wildman–Crippen LogP) is 1.54. The van der Waals surface area contributed by atoms with Gasteiger partial charge in [-0.25, -0.2) is 4.79 Å². The first-order valence-electron chi connectivity index (χ1n) is 5.39. The van der Waals surface area contributed by atoms with Crippen LogP contribution in [-0.2, 0) is 9.57 Å². The lowest BCUT2D eigenvalue weighted by molar-refractivity contribution is 0.0827. The first-order valence-corrected chi connectivity index (χ1v) is 5.39. The highest BCUT2D eigenvalue weighted by atomic mass is 16.6. The van der Waals surface area contributed by atoms with Crippen LogP contribution in [0.1, 0.15) is 12.0 Å². The minimum absolute atomic E-state index is 0.121. The fourth-order valence-corrected chi connectivity index (χ4v) is 1.61. The van der Waals surface area contributed by atoms with Crippen molar-refractivity contribution in [3.8, 4) is 0 Å². The van der Waals surface area contributed by atoms with Crippen molar-refractivity contribution < 1.29 is 14.4 Å². The van der Waals surface area contributed by atoms with Gasteiger partial charge in [-0.2, -0.15) is 0 Å². The van der Waals surface area contributed by atoms with E-state index in [9.17, 15) is 4.79 Å². The van der Waals surface area contributed by atoms with Gasteiger partial charge in [0.25, 0.3) is 0 Å². The number of carbonyl (C=O) groups excluding carboxylic acids is 1. The normalized spacial score (nSPS) is 18.2. The Hall–Kier alpha value is -2.04. The lowest BCUT2D eigenvalue weighted by Crippen LogP contribution is -2.32. The van der Waals surface area contributed by atoms with E-state index < -0.39 is 6.09 Å². The number of rotatable bonds is 3. The molecule has 1 aliphatic rings. The van der Waals surface area contributed by atoms with Gasteiger partial charge in [0.2, 0.25) is 0 Å². The van der Waals surface area contributed by atoms with Crippen LogP contribution in [0.15, 0.2) is 35.5 Å². The van der Waals surface area contributed by atoms with Gasteiger partial charge in [0.15, 0.2) is 6.10 Å². The van der Waals surface area contributed by atoms with Crippen LogP contribution in [-0.4, -0.2) is 31.6 Å². The maximum absolute atomic E-state index is 10.9. The van der Waals surface area contributed by atoms with Crippen molar-refractivity contribution in [3.05, 3.63) is 35.9 Å². The second kappa shape index (κ2) is 5.34. The van der Waals surface area contributed by atoms with Crippen molar-refractivity contribution in [2.45, 2.75) is 12.5 Å². The molecular weight excluding hydrogens is 220 g/mol. The Balaban J connectivity index is 1.85. The molecule has 2 rings (SSSR count). The zero-order valence-corrected chi connectivity index (χ0v) is 9.55.